The predicted octanol–water partition coefficient (Wildman–Crippen LogP) is 2.93. The van der Waals surface area contributed by atoms with Crippen LogP contribution in [0.2, 0.25) is 0 Å². The maximum absolute atomic E-state index is 13.3. The first-order chi connectivity index (χ1) is 12.5. The van der Waals surface area contributed by atoms with Gasteiger partial charge in [-0.15, -0.1) is 0 Å². The second kappa shape index (κ2) is 6.68. The summed E-state index contributed by atoms with van der Waals surface area (Å²) in [6, 6.07) is 9.21. The van der Waals surface area contributed by atoms with Gasteiger partial charge in [-0.3, -0.25) is 4.79 Å². The van der Waals surface area contributed by atoms with Crippen LogP contribution >= 0.6 is 0 Å². The van der Waals surface area contributed by atoms with E-state index in [4.69, 9.17) is 4.74 Å². The third-order valence-corrected chi connectivity index (χ3v) is 5.21. The van der Waals surface area contributed by atoms with Crippen LogP contribution in [-0.4, -0.2) is 37.5 Å². The van der Waals surface area contributed by atoms with Crippen LogP contribution in [-0.2, 0) is 6.61 Å². The third-order valence-electron chi connectivity index (χ3n) is 5.21. The first-order valence-corrected chi connectivity index (χ1v) is 8.68. The lowest BCUT2D eigenvalue weighted by molar-refractivity contribution is 0.0951. The number of likely N-dealkylation sites (tertiary alicyclic amines) is 1. The molecule has 2 aromatic rings. The molecule has 1 saturated heterocycles. The number of hydrogen-bond acceptors (Lipinski definition) is 3. The molecule has 2 aromatic carbocycles. The summed E-state index contributed by atoms with van der Waals surface area (Å²) in [7, 11) is 2.09. The molecule has 1 N–H and O–H groups in total. The smallest absolute Gasteiger partial charge is 0.251 e. The van der Waals surface area contributed by atoms with Crippen LogP contribution in [0.25, 0.3) is 0 Å². The van der Waals surface area contributed by atoms with E-state index >= 15 is 0 Å². The van der Waals surface area contributed by atoms with Crippen LogP contribution < -0.4 is 10.1 Å². The van der Waals surface area contributed by atoms with Gasteiger partial charge in [0, 0.05) is 31.1 Å². The Morgan fingerprint density at radius 3 is 2.81 bits per heavy atom. The van der Waals surface area contributed by atoms with Crippen molar-refractivity contribution in [1.29, 1.82) is 0 Å². The molecule has 0 aliphatic carbocycles. The summed E-state index contributed by atoms with van der Waals surface area (Å²) in [6.07, 6.45) is 0. The number of rotatable bonds is 3. The second-order valence-corrected chi connectivity index (χ2v) is 7.08. The molecule has 2 heterocycles. The highest BCUT2D eigenvalue weighted by molar-refractivity contribution is 5.96. The molecule has 1 fully saturated rings. The minimum atomic E-state index is -0.899. The molecule has 0 spiro atoms. The van der Waals surface area contributed by atoms with Crippen LogP contribution in [0.1, 0.15) is 27.4 Å². The van der Waals surface area contributed by atoms with Gasteiger partial charge in [-0.25, -0.2) is 8.78 Å². The molecule has 6 heteroatoms. The van der Waals surface area contributed by atoms with Crippen molar-refractivity contribution in [1.82, 2.24) is 10.2 Å². The third kappa shape index (κ3) is 3.17. The fourth-order valence-corrected chi connectivity index (χ4v) is 3.91. The first-order valence-electron chi connectivity index (χ1n) is 8.68. The lowest BCUT2D eigenvalue weighted by Gasteiger charge is -2.17. The standard InChI is InChI=1S/C20H20F2N2O2/c1-24-9-13-8-23-20(25)16-7-14(3-4-15(16)17(13)10-24)26-11-12-2-5-18(21)19(22)6-12/h2-7,13,17H,8-11H2,1H3,(H,23,25)/t13-,17-/m0/s1. The summed E-state index contributed by atoms with van der Waals surface area (Å²) in [6.45, 7) is 2.68. The molecule has 4 rings (SSSR count). The van der Waals surface area contributed by atoms with Crippen LogP contribution in [0.15, 0.2) is 36.4 Å². The fraction of sp³-hybridized carbons (Fsp3) is 0.350. The Labute approximate surface area is 150 Å². The van der Waals surface area contributed by atoms with Crippen molar-refractivity contribution in [2.75, 3.05) is 26.7 Å². The van der Waals surface area contributed by atoms with Crippen molar-refractivity contribution in [3.05, 3.63) is 64.7 Å². The highest BCUT2D eigenvalue weighted by Crippen LogP contribution is 2.36. The van der Waals surface area contributed by atoms with E-state index in [1.165, 1.54) is 6.07 Å². The van der Waals surface area contributed by atoms with Gasteiger partial charge in [-0.2, -0.15) is 0 Å². The molecule has 26 heavy (non-hydrogen) atoms. The highest BCUT2D eigenvalue weighted by atomic mass is 19.2. The quantitative estimate of drug-likeness (QED) is 0.917. The zero-order chi connectivity index (χ0) is 18.3. The fourth-order valence-electron chi connectivity index (χ4n) is 3.91. The van der Waals surface area contributed by atoms with E-state index in [0.717, 1.165) is 30.8 Å². The molecule has 4 nitrogen and oxygen atoms in total. The molecule has 136 valence electrons. The molecule has 0 bridgehead atoms. The van der Waals surface area contributed by atoms with Gasteiger partial charge in [-0.05, 0) is 48.4 Å². The SMILES string of the molecule is CN1C[C@@H]2CNC(=O)c3cc(OCc4ccc(F)c(F)c4)ccc3[C@H]2C1. The number of hydrogen-bond donors (Lipinski definition) is 1. The van der Waals surface area contributed by atoms with E-state index in [1.807, 2.05) is 12.1 Å². The average molecular weight is 358 g/mol. The number of amides is 1. The molecule has 2 atom stereocenters. The van der Waals surface area contributed by atoms with Crippen LogP contribution in [0, 0.1) is 17.6 Å². The van der Waals surface area contributed by atoms with E-state index in [1.54, 1.807) is 6.07 Å². The summed E-state index contributed by atoms with van der Waals surface area (Å²) in [5.41, 5.74) is 2.21. The average Bonchev–Trinajstić information content (AvgIpc) is 2.95. The lowest BCUT2D eigenvalue weighted by atomic mass is 9.87. The Bertz CT molecular complexity index is 856. The van der Waals surface area contributed by atoms with E-state index in [-0.39, 0.29) is 12.5 Å². The Morgan fingerprint density at radius 1 is 1.15 bits per heavy atom. The first kappa shape index (κ1) is 17.0. The Hall–Kier alpha value is -2.47. The molecule has 0 unspecified atom stereocenters. The second-order valence-electron chi connectivity index (χ2n) is 7.08. The zero-order valence-electron chi connectivity index (χ0n) is 14.5. The molecule has 1 amide bonds. The number of benzene rings is 2. The number of ether oxygens (including phenoxy) is 1. The van der Waals surface area contributed by atoms with E-state index < -0.39 is 11.6 Å². The van der Waals surface area contributed by atoms with Crippen molar-refractivity contribution >= 4 is 5.91 Å². The summed E-state index contributed by atoms with van der Waals surface area (Å²) in [4.78, 5) is 14.7. The Balaban J connectivity index is 1.56. The summed E-state index contributed by atoms with van der Waals surface area (Å²) in [5, 5.41) is 2.99. The lowest BCUT2D eigenvalue weighted by Crippen LogP contribution is -2.29. The van der Waals surface area contributed by atoms with Crippen molar-refractivity contribution in [2.45, 2.75) is 12.5 Å². The Morgan fingerprint density at radius 2 is 2.00 bits per heavy atom. The van der Waals surface area contributed by atoms with Crippen molar-refractivity contribution in [3.63, 3.8) is 0 Å². The molecule has 0 saturated carbocycles. The van der Waals surface area contributed by atoms with E-state index in [9.17, 15) is 13.6 Å². The largest absolute Gasteiger partial charge is 0.489 e. The van der Waals surface area contributed by atoms with Gasteiger partial charge in [0.2, 0.25) is 0 Å². The number of carbonyl (C=O) groups is 1. The Kier molecular flexibility index (Phi) is 4.36. The minimum Gasteiger partial charge on any atom is -0.489 e. The highest BCUT2D eigenvalue weighted by Gasteiger charge is 2.36. The van der Waals surface area contributed by atoms with Gasteiger partial charge >= 0.3 is 0 Å². The molecular weight excluding hydrogens is 338 g/mol. The van der Waals surface area contributed by atoms with Gasteiger partial charge in [0.05, 0.1) is 0 Å². The number of likely N-dealkylation sites (N-methyl/N-ethyl adjacent to an activating group) is 1. The molecule has 0 radical (unpaired) electrons. The summed E-state index contributed by atoms with van der Waals surface area (Å²) < 4.78 is 32.0. The summed E-state index contributed by atoms with van der Waals surface area (Å²) in [5.74, 6) is -0.590. The van der Waals surface area contributed by atoms with E-state index in [0.29, 0.717) is 35.3 Å². The predicted molar refractivity (Wildman–Crippen MR) is 93.2 cm³/mol. The maximum atomic E-state index is 13.3. The van der Waals surface area contributed by atoms with Gasteiger partial charge in [0.25, 0.3) is 5.91 Å². The number of nitrogens with zero attached hydrogens (tertiary/aromatic N) is 1. The monoisotopic (exact) mass is 358 g/mol. The number of fused-ring (bicyclic) bond motifs is 3. The molecule has 2 aliphatic rings. The normalized spacial score (nSPS) is 22.3. The van der Waals surface area contributed by atoms with Gasteiger partial charge in [0.15, 0.2) is 11.6 Å². The topological polar surface area (TPSA) is 41.6 Å². The number of halogens is 2. The van der Waals surface area contributed by atoms with Gasteiger partial charge < -0.3 is 15.0 Å². The van der Waals surface area contributed by atoms with Crippen molar-refractivity contribution in [2.24, 2.45) is 5.92 Å². The van der Waals surface area contributed by atoms with Crippen LogP contribution in [0.4, 0.5) is 8.78 Å². The van der Waals surface area contributed by atoms with Crippen LogP contribution in [0.3, 0.4) is 0 Å². The van der Waals surface area contributed by atoms with Gasteiger partial charge in [-0.1, -0.05) is 12.1 Å². The minimum absolute atomic E-state index is 0.0877. The maximum Gasteiger partial charge on any atom is 0.251 e. The number of nitrogens with one attached hydrogen (secondary N) is 1. The van der Waals surface area contributed by atoms with Gasteiger partial charge in [0.1, 0.15) is 12.4 Å². The van der Waals surface area contributed by atoms with E-state index in [2.05, 4.69) is 17.3 Å². The molecular formula is C20H20F2N2O2. The summed E-state index contributed by atoms with van der Waals surface area (Å²) >= 11 is 0. The molecule has 0 aromatic heterocycles. The molecule has 2 aliphatic heterocycles. The number of carbonyl (C=O) groups excluding carboxylic acids is 1. The zero-order valence-corrected chi connectivity index (χ0v) is 14.5. The van der Waals surface area contributed by atoms with Crippen molar-refractivity contribution in [3.8, 4) is 5.75 Å². The van der Waals surface area contributed by atoms with Crippen LogP contribution in [0.5, 0.6) is 5.75 Å². The van der Waals surface area contributed by atoms with Crippen molar-refractivity contribution < 1.29 is 18.3 Å².